The van der Waals surface area contributed by atoms with Crippen LogP contribution < -0.4 is 15.4 Å². The van der Waals surface area contributed by atoms with E-state index in [1.54, 1.807) is 43.2 Å². The van der Waals surface area contributed by atoms with Crippen molar-refractivity contribution >= 4 is 23.4 Å². The van der Waals surface area contributed by atoms with E-state index in [-0.39, 0.29) is 24.3 Å². The van der Waals surface area contributed by atoms with Crippen LogP contribution in [0.15, 0.2) is 48.5 Å². The number of nitrogens with zero attached hydrogens (tertiary/aromatic N) is 2. The number of carbonyl (C=O) groups is 3. The molecule has 1 fully saturated rings. The molecule has 0 saturated carbocycles. The number of piperazine rings is 1. The second kappa shape index (κ2) is 11.3. The van der Waals surface area contributed by atoms with Crippen LogP contribution in [-0.2, 0) is 16.0 Å². The Hall–Kier alpha value is -3.39. The lowest BCUT2D eigenvalue weighted by atomic mass is 10.1. The molecule has 0 aromatic heterocycles. The van der Waals surface area contributed by atoms with E-state index in [0.717, 1.165) is 11.3 Å². The summed E-state index contributed by atoms with van der Waals surface area (Å²) in [4.78, 5) is 40.5. The first kappa shape index (κ1) is 23.3. The van der Waals surface area contributed by atoms with E-state index in [4.69, 9.17) is 4.74 Å². The van der Waals surface area contributed by atoms with Gasteiger partial charge in [0.05, 0.1) is 24.9 Å². The van der Waals surface area contributed by atoms with Crippen LogP contribution in [-0.4, -0.2) is 73.9 Å². The molecule has 32 heavy (non-hydrogen) atoms. The van der Waals surface area contributed by atoms with Gasteiger partial charge in [-0.15, -0.1) is 0 Å². The summed E-state index contributed by atoms with van der Waals surface area (Å²) in [5, 5.41) is 5.77. The van der Waals surface area contributed by atoms with Crippen LogP contribution in [0.5, 0.6) is 5.75 Å². The molecule has 0 aliphatic carbocycles. The van der Waals surface area contributed by atoms with E-state index in [9.17, 15) is 14.4 Å². The number of anilines is 1. The predicted molar refractivity (Wildman–Crippen MR) is 123 cm³/mol. The van der Waals surface area contributed by atoms with Crippen LogP contribution in [0.2, 0.25) is 0 Å². The highest BCUT2D eigenvalue weighted by molar-refractivity contribution is 6.04. The van der Waals surface area contributed by atoms with Gasteiger partial charge in [0.2, 0.25) is 11.8 Å². The topological polar surface area (TPSA) is 91.0 Å². The van der Waals surface area contributed by atoms with Crippen molar-refractivity contribution < 1.29 is 19.1 Å². The molecule has 3 rings (SSSR count). The summed E-state index contributed by atoms with van der Waals surface area (Å²) in [7, 11) is 1.63. The van der Waals surface area contributed by atoms with Crippen molar-refractivity contribution in [2.75, 3.05) is 51.7 Å². The highest BCUT2D eigenvalue weighted by Crippen LogP contribution is 2.16. The molecule has 0 atom stereocenters. The third-order valence-corrected chi connectivity index (χ3v) is 5.49. The Balaban J connectivity index is 1.50. The van der Waals surface area contributed by atoms with E-state index in [1.807, 2.05) is 29.2 Å². The largest absolute Gasteiger partial charge is 0.497 e. The number of methoxy groups -OCH3 is 1. The van der Waals surface area contributed by atoms with Gasteiger partial charge < -0.3 is 20.3 Å². The van der Waals surface area contributed by atoms with Crippen LogP contribution >= 0.6 is 0 Å². The maximum absolute atomic E-state index is 12.7. The smallest absolute Gasteiger partial charge is 0.253 e. The van der Waals surface area contributed by atoms with Gasteiger partial charge in [0.25, 0.3) is 5.91 Å². The van der Waals surface area contributed by atoms with E-state index in [0.29, 0.717) is 50.4 Å². The second-order valence-corrected chi connectivity index (χ2v) is 7.73. The van der Waals surface area contributed by atoms with Gasteiger partial charge in [0, 0.05) is 39.6 Å². The van der Waals surface area contributed by atoms with Crippen molar-refractivity contribution in [3.8, 4) is 5.75 Å². The monoisotopic (exact) mass is 438 g/mol. The lowest BCUT2D eigenvalue weighted by Crippen LogP contribution is -2.49. The molecule has 1 aliphatic rings. The number of amides is 3. The van der Waals surface area contributed by atoms with Crippen LogP contribution in [0, 0.1) is 0 Å². The molecule has 2 aromatic carbocycles. The lowest BCUT2D eigenvalue weighted by Gasteiger charge is -2.33. The van der Waals surface area contributed by atoms with E-state index < -0.39 is 0 Å². The maximum atomic E-state index is 12.7. The molecule has 8 heteroatoms. The Morgan fingerprint density at radius 3 is 2.31 bits per heavy atom. The molecule has 1 saturated heterocycles. The molecule has 8 nitrogen and oxygen atoms in total. The molecule has 3 amide bonds. The van der Waals surface area contributed by atoms with Gasteiger partial charge in [0.15, 0.2) is 0 Å². The Kier molecular flexibility index (Phi) is 8.21. The zero-order valence-corrected chi connectivity index (χ0v) is 18.6. The third kappa shape index (κ3) is 6.55. The minimum Gasteiger partial charge on any atom is -0.497 e. The molecule has 0 bridgehead atoms. The standard InChI is InChI=1S/C24H30N4O4/c1-18(29)28-15-13-27(14-16-28)17-23(30)26-22-6-4-3-5-21(22)24(31)25-12-11-19-7-9-20(32-2)10-8-19/h3-10H,11-17H2,1-2H3,(H,25,31)(H,26,30). The minimum absolute atomic E-state index is 0.0565. The first-order chi connectivity index (χ1) is 15.5. The van der Waals surface area contributed by atoms with Crippen molar-refractivity contribution in [1.82, 2.24) is 15.1 Å². The van der Waals surface area contributed by atoms with Crippen LogP contribution in [0.25, 0.3) is 0 Å². The average Bonchev–Trinajstić information content (AvgIpc) is 2.80. The third-order valence-electron chi connectivity index (χ3n) is 5.49. The lowest BCUT2D eigenvalue weighted by molar-refractivity contribution is -0.130. The van der Waals surface area contributed by atoms with Crippen molar-refractivity contribution in [2.45, 2.75) is 13.3 Å². The molecule has 2 aromatic rings. The molecule has 1 aliphatic heterocycles. The van der Waals surface area contributed by atoms with Gasteiger partial charge >= 0.3 is 0 Å². The highest BCUT2D eigenvalue weighted by Gasteiger charge is 2.21. The molecule has 1 heterocycles. The molecule has 0 unspecified atom stereocenters. The minimum atomic E-state index is -0.232. The van der Waals surface area contributed by atoms with Gasteiger partial charge in [-0.05, 0) is 36.2 Å². The summed E-state index contributed by atoms with van der Waals surface area (Å²) >= 11 is 0. The SMILES string of the molecule is COc1ccc(CCNC(=O)c2ccccc2NC(=O)CN2CCN(C(C)=O)CC2)cc1. The van der Waals surface area contributed by atoms with Gasteiger partial charge in [-0.25, -0.2) is 0 Å². The number of hydrogen-bond donors (Lipinski definition) is 2. The van der Waals surface area contributed by atoms with Crippen molar-refractivity contribution in [3.05, 3.63) is 59.7 Å². The summed E-state index contributed by atoms with van der Waals surface area (Å²) in [5.41, 5.74) is 2.01. The second-order valence-electron chi connectivity index (χ2n) is 7.73. The van der Waals surface area contributed by atoms with E-state index in [2.05, 4.69) is 10.6 Å². The van der Waals surface area contributed by atoms with Crippen LogP contribution in [0.3, 0.4) is 0 Å². The normalized spacial score (nSPS) is 14.0. The van der Waals surface area contributed by atoms with E-state index >= 15 is 0 Å². The zero-order chi connectivity index (χ0) is 22.9. The number of hydrogen-bond acceptors (Lipinski definition) is 5. The molecule has 0 radical (unpaired) electrons. The number of nitrogens with one attached hydrogen (secondary N) is 2. The number of benzene rings is 2. The fraction of sp³-hybridized carbons (Fsp3) is 0.375. The van der Waals surface area contributed by atoms with Crippen LogP contribution in [0.1, 0.15) is 22.8 Å². The Morgan fingerprint density at radius 2 is 1.66 bits per heavy atom. The number of ether oxygens (including phenoxy) is 1. The Labute approximate surface area is 188 Å². The first-order valence-corrected chi connectivity index (χ1v) is 10.7. The molecule has 0 spiro atoms. The predicted octanol–water partition coefficient (Wildman–Crippen LogP) is 1.77. The number of rotatable bonds is 8. The van der Waals surface area contributed by atoms with Gasteiger partial charge in [0.1, 0.15) is 5.75 Å². The highest BCUT2D eigenvalue weighted by atomic mass is 16.5. The van der Waals surface area contributed by atoms with Gasteiger partial charge in [-0.3, -0.25) is 19.3 Å². The summed E-state index contributed by atoms with van der Waals surface area (Å²) in [5.74, 6) is 0.438. The quantitative estimate of drug-likeness (QED) is 0.656. The van der Waals surface area contributed by atoms with Crippen molar-refractivity contribution in [2.24, 2.45) is 0 Å². The molecular formula is C24H30N4O4. The zero-order valence-electron chi connectivity index (χ0n) is 18.6. The van der Waals surface area contributed by atoms with Crippen molar-refractivity contribution in [1.29, 1.82) is 0 Å². The fourth-order valence-corrected chi connectivity index (χ4v) is 3.61. The van der Waals surface area contributed by atoms with E-state index in [1.165, 1.54) is 0 Å². The number of para-hydroxylation sites is 1. The summed E-state index contributed by atoms with van der Waals surface area (Å²) in [6, 6.07) is 14.7. The fourth-order valence-electron chi connectivity index (χ4n) is 3.61. The maximum Gasteiger partial charge on any atom is 0.253 e. The first-order valence-electron chi connectivity index (χ1n) is 10.7. The van der Waals surface area contributed by atoms with Crippen LogP contribution in [0.4, 0.5) is 5.69 Å². The Bertz CT molecular complexity index is 937. The average molecular weight is 439 g/mol. The molecular weight excluding hydrogens is 408 g/mol. The summed E-state index contributed by atoms with van der Waals surface area (Å²) in [6.45, 7) is 4.81. The van der Waals surface area contributed by atoms with Crippen molar-refractivity contribution in [3.63, 3.8) is 0 Å². The molecule has 2 N–H and O–H groups in total. The van der Waals surface area contributed by atoms with Gasteiger partial charge in [-0.1, -0.05) is 24.3 Å². The molecule has 170 valence electrons. The number of carbonyl (C=O) groups excluding carboxylic acids is 3. The van der Waals surface area contributed by atoms with Gasteiger partial charge in [-0.2, -0.15) is 0 Å². The summed E-state index contributed by atoms with van der Waals surface area (Å²) in [6.07, 6.45) is 0.691. The summed E-state index contributed by atoms with van der Waals surface area (Å²) < 4.78 is 5.15. The Morgan fingerprint density at radius 1 is 0.969 bits per heavy atom.